The Balaban J connectivity index is 2.15. The number of alkyl halides is 1. The number of ether oxygens (including phenoxy) is 1. The predicted molar refractivity (Wildman–Crippen MR) is 80.4 cm³/mol. The zero-order chi connectivity index (χ0) is 13.0. The molecule has 1 aromatic carbocycles. The van der Waals surface area contributed by atoms with Crippen LogP contribution in [0, 0.1) is 0 Å². The molecule has 0 aliphatic carbocycles. The van der Waals surface area contributed by atoms with Crippen LogP contribution in [0.3, 0.4) is 0 Å². The van der Waals surface area contributed by atoms with E-state index in [1.807, 2.05) is 24.3 Å². The van der Waals surface area contributed by atoms with E-state index in [1.54, 1.807) is 12.4 Å². The van der Waals surface area contributed by atoms with Crippen LogP contribution in [-0.2, 0) is 11.9 Å². The first-order chi connectivity index (χ1) is 8.70. The molecule has 1 aromatic heterocycles. The van der Waals surface area contributed by atoms with Gasteiger partial charge in [0.1, 0.15) is 12.4 Å². The monoisotopic (exact) mass is 389 g/mol. The Bertz CT molecular complexity index is 548. The van der Waals surface area contributed by atoms with Gasteiger partial charge in [-0.3, -0.25) is 4.98 Å². The van der Waals surface area contributed by atoms with Gasteiger partial charge in [-0.25, -0.2) is 0 Å². The third-order valence-electron chi connectivity index (χ3n) is 2.34. The molecule has 0 atom stereocenters. The molecule has 0 spiro atoms. The minimum Gasteiger partial charge on any atom is -0.487 e. The molecule has 0 saturated heterocycles. The first-order valence-corrected chi connectivity index (χ1v) is 7.55. The molecule has 18 heavy (non-hydrogen) atoms. The van der Waals surface area contributed by atoms with Crippen LogP contribution in [0.5, 0.6) is 5.75 Å². The van der Waals surface area contributed by atoms with Gasteiger partial charge in [0.05, 0.1) is 5.02 Å². The molecule has 0 aliphatic rings. The van der Waals surface area contributed by atoms with Crippen molar-refractivity contribution < 1.29 is 4.74 Å². The molecule has 5 heteroatoms. The number of halogens is 3. The summed E-state index contributed by atoms with van der Waals surface area (Å²) in [6, 6.07) is 7.68. The standard InChI is InChI=1S/C13H10Br2ClNO/c14-5-10-2-1-3-12(16)13(10)18-8-9-4-11(15)7-17-6-9/h1-4,6-7H,5,8H2. The molecule has 0 fully saturated rings. The van der Waals surface area contributed by atoms with Crippen LogP contribution in [0.2, 0.25) is 5.02 Å². The van der Waals surface area contributed by atoms with Crippen LogP contribution in [0.25, 0.3) is 0 Å². The smallest absolute Gasteiger partial charge is 0.142 e. The van der Waals surface area contributed by atoms with Crippen LogP contribution < -0.4 is 4.74 Å². The van der Waals surface area contributed by atoms with Gasteiger partial charge in [-0.05, 0) is 28.1 Å². The van der Waals surface area contributed by atoms with Gasteiger partial charge in [-0.1, -0.05) is 39.7 Å². The summed E-state index contributed by atoms with van der Waals surface area (Å²) < 4.78 is 6.71. The Hall–Kier alpha value is -0.580. The van der Waals surface area contributed by atoms with E-state index in [0.717, 1.165) is 21.3 Å². The second kappa shape index (κ2) is 6.55. The Morgan fingerprint density at radius 1 is 1.28 bits per heavy atom. The first-order valence-electron chi connectivity index (χ1n) is 5.26. The Morgan fingerprint density at radius 2 is 2.11 bits per heavy atom. The minimum absolute atomic E-state index is 0.441. The van der Waals surface area contributed by atoms with Gasteiger partial charge in [0.2, 0.25) is 0 Å². The van der Waals surface area contributed by atoms with E-state index in [0.29, 0.717) is 17.0 Å². The van der Waals surface area contributed by atoms with Crippen molar-refractivity contribution in [1.82, 2.24) is 4.98 Å². The minimum atomic E-state index is 0.441. The zero-order valence-electron chi connectivity index (χ0n) is 9.37. The van der Waals surface area contributed by atoms with Crippen molar-refractivity contribution in [3.05, 3.63) is 57.3 Å². The highest BCUT2D eigenvalue weighted by atomic mass is 79.9. The van der Waals surface area contributed by atoms with Crippen LogP contribution in [0.4, 0.5) is 0 Å². The maximum atomic E-state index is 6.13. The van der Waals surface area contributed by atoms with Crippen molar-refractivity contribution in [1.29, 1.82) is 0 Å². The molecule has 94 valence electrons. The van der Waals surface area contributed by atoms with E-state index >= 15 is 0 Å². The predicted octanol–water partition coefficient (Wildman–Crippen LogP) is 4.97. The first kappa shape index (κ1) is 13.8. The van der Waals surface area contributed by atoms with E-state index in [-0.39, 0.29) is 0 Å². The molecule has 0 aliphatic heterocycles. The summed E-state index contributed by atoms with van der Waals surface area (Å²) in [4.78, 5) is 4.09. The Labute approximate surface area is 128 Å². The quantitative estimate of drug-likeness (QED) is 0.687. The van der Waals surface area contributed by atoms with Crippen LogP contribution in [0.15, 0.2) is 41.1 Å². The lowest BCUT2D eigenvalue weighted by molar-refractivity contribution is 0.303. The van der Waals surface area contributed by atoms with Crippen LogP contribution in [-0.4, -0.2) is 4.98 Å². The van der Waals surface area contributed by atoms with Gasteiger partial charge < -0.3 is 4.74 Å². The van der Waals surface area contributed by atoms with Crippen molar-refractivity contribution in [2.75, 3.05) is 0 Å². The molecular formula is C13H10Br2ClNO. The van der Waals surface area contributed by atoms with Gasteiger partial charge in [0.25, 0.3) is 0 Å². The third-order valence-corrected chi connectivity index (χ3v) is 3.67. The highest BCUT2D eigenvalue weighted by molar-refractivity contribution is 9.10. The lowest BCUT2D eigenvalue weighted by Crippen LogP contribution is -1.99. The molecule has 2 aromatic rings. The summed E-state index contributed by atoms with van der Waals surface area (Å²) in [5.41, 5.74) is 2.02. The summed E-state index contributed by atoms with van der Waals surface area (Å²) >= 11 is 12.9. The van der Waals surface area contributed by atoms with E-state index in [9.17, 15) is 0 Å². The van der Waals surface area contributed by atoms with E-state index in [2.05, 4.69) is 36.8 Å². The molecule has 0 saturated carbocycles. The van der Waals surface area contributed by atoms with E-state index in [4.69, 9.17) is 16.3 Å². The molecule has 2 rings (SSSR count). The van der Waals surface area contributed by atoms with E-state index in [1.165, 1.54) is 0 Å². The van der Waals surface area contributed by atoms with Crippen molar-refractivity contribution in [2.45, 2.75) is 11.9 Å². The van der Waals surface area contributed by atoms with Gasteiger partial charge >= 0.3 is 0 Å². The summed E-state index contributed by atoms with van der Waals surface area (Å²) in [5, 5.41) is 1.33. The number of hydrogen-bond acceptors (Lipinski definition) is 2. The Kier molecular flexibility index (Phi) is 5.03. The molecule has 0 bridgehead atoms. The fourth-order valence-electron chi connectivity index (χ4n) is 1.51. The van der Waals surface area contributed by atoms with Crippen molar-refractivity contribution in [3.8, 4) is 5.75 Å². The highest BCUT2D eigenvalue weighted by Crippen LogP contribution is 2.30. The zero-order valence-corrected chi connectivity index (χ0v) is 13.3. The van der Waals surface area contributed by atoms with Gasteiger partial charge in [0.15, 0.2) is 0 Å². The third kappa shape index (κ3) is 3.46. The topological polar surface area (TPSA) is 22.1 Å². The van der Waals surface area contributed by atoms with Gasteiger partial charge in [-0.2, -0.15) is 0 Å². The number of aromatic nitrogens is 1. The number of rotatable bonds is 4. The van der Waals surface area contributed by atoms with Gasteiger partial charge in [0, 0.05) is 33.3 Å². The van der Waals surface area contributed by atoms with Crippen LogP contribution in [0.1, 0.15) is 11.1 Å². The molecular weight excluding hydrogens is 381 g/mol. The second-order valence-electron chi connectivity index (χ2n) is 3.66. The number of benzene rings is 1. The molecule has 1 heterocycles. The number of hydrogen-bond donors (Lipinski definition) is 0. The summed E-state index contributed by atoms with van der Waals surface area (Å²) in [5.74, 6) is 0.719. The summed E-state index contributed by atoms with van der Waals surface area (Å²) in [6.07, 6.45) is 3.51. The van der Waals surface area contributed by atoms with Gasteiger partial charge in [-0.15, -0.1) is 0 Å². The largest absolute Gasteiger partial charge is 0.487 e. The fourth-order valence-corrected chi connectivity index (χ4v) is 2.61. The summed E-state index contributed by atoms with van der Waals surface area (Å²) in [6.45, 7) is 0.441. The maximum absolute atomic E-state index is 6.13. The Morgan fingerprint density at radius 3 is 2.83 bits per heavy atom. The lowest BCUT2D eigenvalue weighted by Gasteiger charge is -2.11. The number of para-hydroxylation sites is 1. The molecule has 0 amide bonds. The molecule has 2 nitrogen and oxygen atoms in total. The number of nitrogens with zero attached hydrogens (tertiary/aromatic N) is 1. The second-order valence-corrected chi connectivity index (χ2v) is 5.55. The summed E-state index contributed by atoms with van der Waals surface area (Å²) in [7, 11) is 0. The fraction of sp³-hybridized carbons (Fsp3) is 0.154. The molecule has 0 unspecified atom stereocenters. The molecule has 0 N–H and O–H groups in total. The highest BCUT2D eigenvalue weighted by Gasteiger charge is 2.07. The maximum Gasteiger partial charge on any atom is 0.142 e. The van der Waals surface area contributed by atoms with E-state index < -0.39 is 0 Å². The SMILES string of the molecule is Clc1cccc(CBr)c1OCc1cncc(Br)c1. The number of pyridine rings is 1. The average Bonchev–Trinajstić information content (AvgIpc) is 2.37. The lowest BCUT2D eigenvalue weighted by atomic mass is 10.2. The average molecular weight is 391 g/mol. The van der Waals surface area contributed by atoms with Crippen LogP contribution >= 0.6 is 43.5 Å². The van der Waals surface area contributed by atoms with Crippen molar-refractivity contribution in [3.63, 3.8) is 0 Å². The molecule has 0 radical (unpaired) electrons. The van der Waals surface area contributed by atoms with Crippen molar-refractivity contribution >= 4 is 43.5 Å². The normalized spacial score (nSPS) is 10.4. The van der Waals surface area contributed by atoms with Crippen molar-refractivity contribution in [2.24, 2.45) is 0 Å².